The monoisotopic (exact) mass is 890 g/mol. The lowest BCUT2D eigenvalue weighted by atomic mass is 10.0. The zero-order chi connectivity index (χ0) is 45.8. The van der Waals surface area contributed by atoms with E-state index < -0.39 is 12.1 Å². The Morgan fingerprint density at radius 1 is 0.429 bits per heavy atom. The van der Waals surface area contributed by atoms with Crippen LogP contribution in [0.25, 0.3) is 0 Å². The summed E-state index contributed by atoms with van der Waals surface area (Å²) in [5.74, 6) is -0.0442. The van der Waals surface area contributed by atoms with Crippen molar-refractivity contribution in [2.75, 3.05) is 13.2 Å². The molecule has 63 heavy (non-hydrogen) atoms. The Labute approximate surface area is 393 Å². The number of nitrogens with one attached hydrogen (secondary N) is 1. The average Bonchev–Trinajstić information content (AvgIpc) is 3.28. The molecule has 0 aliphatic heterocycles. The third-order valence-corrected chi connectivity index (χ3v) is 13.3. The van der Waals surface area contributed by atoms with Gasteiger partial charge in [-0.05, 0) is 51.4 Å². The van der Waals surface area contributed by atoms with Crippen LogP contribution < -0.4 is 5.32 Å². The summed E-state index contributed by atoms with van der Waals surface area (Å²) < 4.78 is 5.48. The van der Waals surface area contributed by atoms with Crippen molar-refractivity contribution in [3.8, 4) is 0 Å². The van der Waals surface area contributed by atoms with Gasteiger partial charge in [0.2, 0.25) is 5.91 Å². The molecule has 0 rings (SSSR count). The molecule has 0 aromatic rings. The molecular formula is C57H111NO5. The Morgan fingerprint density at radius 2 is 0.746 bits per heavy atom. The third kappa shape index (κ3) is 49.9. The van der Waals surface area contributed by atoms with Crippen molar-refractivity contribution < 1.29 is 24.5 Å². The number of rotatable bonds is 53. The highest BCUT2D eigenvalue weighted by Crippen LogP contribution is 2.17. The fourth-order valence-corrected chi connectivity index (χ4v) is 8.93. The van der Waals surface area contributed by atoms with E-state index in [4.69, 9.17) is 4.74 Å². The van der Waals surface area contributed by atoms with Gasteiger partial charge in [-0.1, -0.05) is 264 Å². The first kappa shape index (κ1) is 61.6. The van der Waals surface area contributed by atoms with Gasteiger partial charge < -0.3 is 20.3 Å². The number of amides is 1. The van der Waals surface area contributed by atoms with E-state index in [0.717, 1.165) is 44.9 Å². The van der Waals surface area contributed by atoms with E-state index in [-0.39, 0.29) is 18.5 Å². The molecule has 0 spiro atoms. The Hall–Kier alpha value is -1.40. The molecule has 0 aliphatic rings. The van der Waals surface area contributed by atoms with Crippen LogP contribution in [-0.2, 0) is 14.3 Å². The quantitative estimate of drug-likeness (QED) is 0.0321. The molecular weight excluding hydrogens is 779 g/mol. The van der Waals surface area contributed by atoms with E-state index in [1.165, 1.54) is 238 Å². The van der Waals surface area contributed by atoms with Crippen LogP contribution in [0.4, 0.5) is 0 Å². The molecule has 0 heterocycles. The van der Waals surface area contributed by atoms with Crippen molar-refractivity contribution in [2.24, 2.45) is 0 Å². The normalized spacial score (nSPS) is 12.6. The maximum Gasteiger partial charge on any atom is 0.305 e. The van der Waals surface area contributed by atoms with Gasteiger partial charge >= 0.3 is 5.97 Å². The summed E-state index contributed by atoms with van der Waals surface area (Å²) in [6.45, 7) is 4.94. The molecule has 3 N–H and O–H groups in total. The second-order valence-electron chi connectivity index (χ2n) is 19.6. The second-order valence-corrected chi connectivity index (χ2v) is 19.6. The van der Waals surface area contributed by atoms with Crippen LogP contribution in [0.1, 0.15) is 316 Å². The standard InChI is InChI=1S/C57H111NO5/c1-3-5-7-9-11-13-15-17-18-19-20-23-27-31-35-39-43-47-51-57(62)63-52-48-44-40-36-32-28-24-21-22-26-30-34-38-42-46-50-56(61)58-54(53-59)55(60)49-45-41-37-33-29-25-16-14-12-10-8-6-4-2/h18-19,54-55,59-60H,3-17,20-53H2,1-2H3,(H,58,61)/b19-18-. The summed E-state index contributed by atoms with van der Waals surface area (Å²) in [5.41, 5.74) is 0. The predicted molar refractivity (Wildman–Crippen MR) is 273 cm³/mol. The second kappa shape index (κ2) is 53.2. The lowest BCUT2D eigenvalue weighted by Crippen LogP contribution is -2.45. The maximum absolute atomic E-state index is 12.5. The molecule has 2 unspecified atom stereocenters. The van der Waals surface area contributed by atoms with Crippen LogP contribution in [0.15, 0.2) is 12.2 Å². The van der Waals surface area contributed by atoms with Crippen molar-refractivity contribution in [1.29, 1.82) is 0 Å². The van der Waals surface area contributed by atoms with Crippen LogP contribution in [0.3, 0.4) is 0 Å². The molecule has 0 aliphatic carbocycles. The number of unbranched alkanes of at least 4 members (excludes halogenated alkanes) is 40. The molecule has 6 nitrogen and oxygen atoms in total. The fourth-order valence-electron chi connectivity index (χ4n) is 8.93. The van der Waals surface area contributed by atoms with Gasteiger partial charge in [0, 0.05) is 12.8 Å². The first-order valence-electron chi connectivity index (χ1n) is 28.4. The van der Waals surface area contributed by atoms with E-state index >= 15 is 0 Å². The molecule has 0 aromatic carbocycles. The van der Waals surface area contributed by atoms with Crippen molar-refractivity contribution in [3.05, 3.63) is 12.2 Å². The minimum Gasteiger partial charge on any atom is -0.466 e. The SMILES string of the molecule is CCCCCCCCC/C=C\CCCCCCCCCC(=O)OCCCCCCCCCCCCCCCCCC(=O)NC(CO)C(O)CCCCCCCCCCCCCCC. The number of hydrogen-bond acceptors (Lipinski definition) is 5. The van der Waals surface area contributed by atoms with Crippen LogP contribution in [0.5, 0.6) is 0 Å². The zero-order valence-electron chi connectivity index (χ0n) is 42.6. The number of aliphatic hydroxyl groups excluding tert-OH is 2. The van der Waals surface area contributed by atoms with Crippen molar-refractivity contribution in [1.82, 2.24) is 5.32 Å². The van der Waals surface area contributed by atoms with E-state index in [0.29, 0.717) is 25.9 Å². The van der Waals surface area contributed by atoms with Crippen LogP contribution in [-0.4, -0.2) is 47.4 Å². The molecule has 0 saturated carbocycles. The number of ether oxygens (including phenoxy) is 1. The zero-order valence-corrected chi connectivity index (χ0v) is 42.6. The molecule has 1 amide bonds. The lowest BCUT2D eigenvalue weighted by Gasteiger charge is -2.22. The number of carbonyl (C=O) groups is 2. The smallest absolute Gasteiger partial charge is 0.305 e. The summed E-state index contributed by atoms with van der Waals surface area (Å²) in [5, 5.41) is 23.2. The van der Waals surface area contributed by atoms with Crippen LogP contribution in [0, 0.1) is 0 Å². The third-order valence-electron chi connectivity index (χ3n) is 13.3. The Morgan fingerprint density at radius 3 is 1.13 bits per heavy atom. The number of esters is 1. The maximum atomic E-state index is 12.5. The van der Waals surface area contributed by atoms with Crippen molar-refractivity contribution >= 4 is 11.9 Å². The number of hydrogen-bond donors (Lipinski definition) is 3. The first-order valence-corrected chi connectivity index (χ1v) is 28.4. The van der Waals surface area contributed by atoms with Gasteiger partial charge in [0.1, 0.15) is 0 Å². The van der Waals surface area contributed by atoms with Gasteiger partial charge in [0.05, 0.1) is 25.4 Å². The van der Waals surface area contributed by atoms with Gasteiger partial charge in [-0.2, -0.15) is 0 Å². The van der Waals surface area contributed by atoms with Crippen molar-refractivity contribution in [2.45, 2.75) is 328 Å². The molecule has 374 valence electrons. The summed E-state index contributed by atoms with van der Waals surface area (Å²) in [4.78, 5) is 24.5. The molecule has 0 bridgehead atoms. The molecule has 0 fully saturated rings. The van der Waals surface area contributed by atoms with E-state index in [1.54, 1.807) is 0 Å². The largest absolute Gasteiger partial charge is 0.466 e. The highest BCUT2D eigenvalue weighted by Gasteiger charge is 2.20. The Kier molecular flexibility index (Phi) is 52.0. The summed E-state index contributed by atoms with van der Waals surface area (Å²) in [6, 6.07) is -0.546. The van der Waals surface area contributed by atoms with Gasteiger partial charge in [0.25, 0.3) is 0 Å². The molecule has 0 aromatic heterocycles. The van der Waals surface area contributed by atoms with Crippen molar-refractivity contribution in [3.63, 3.8) is 0 Å². The molecule has 0 radical (unpaired) electrons. The highest BCUT2D eigenvalue weighted by atomic mass is 16.5. The number of aliphatic hydroxyl groups is 2. The van der Waals surface area contributed by atoms with E-state index in [1.807, 2.05) is 0 Å². The first-order chi connectivity index (χ1) is 31.0. The van der Waals surface area contributed by atoms with Gasteiger partial charge in [-0.25, -0.2) is 0 Å². The lowest BCUT2D eigenvalue weighted by molar-refractivity contribution is -0.143. The Bertz CT molecular complexity index is 939. The van der Waals surface area contributed by atoms with Gasteiger partial charge in [-0.3, -0.25) is 9.59 Å². The predicted octanol–water partition coefficient (Wildman–Crippen LogP) is 17.3. The van der Waals surface area contributed by atoms with Gasteiger partial charge in [-0.15, -0.1) is 0 Å². The molecule has 6 heteroatoms. The van der Waals surface area contributed by atoms with Crippen LogP contribution in [0.2, 0.25) is 0 Å². The Balaban J connectivity index is 3.40. The molecule has 2 atom stereocenters. The van der Waals surface area contributed by atoms with E-state index in [9.17, 15) is 19.8 Å². The topological polar surface area (TPSA) is 95.9 Å². The number of allylic oxidation sites excluding steroid dienone is 2. The molecule has 0 saturated heterocycles. The van der Waals surface area contributed by atoms with Crippen LogP contribution >= 0.6 is 0 Å². The number of carbonyl (C=O) groups excluding carboxylic acids is 2. The minimum absolute atomic E-state index is 0.00170. The van der Waals surface area contributed by atoms with E-state index in [2.05, 4.69) is 31.3 Å². The fraction of sp³-hybridized carbons (Fsp3) is 0.930. The summed E-state index contributed by atoms with van der Waals surface area (Å²) in [6.07, 6.45) is 61.9. The highest BCUT2D eigenvalue weighted by molar-refractivity contribution is 5.76. The summed E-state index contributed by atoms with van der Waals surface area (Å²) >= 11 is 0. The average molecular weight is 891 g/mol. The van der Waals surface area contributed by atoms with Gasteiger partial charge in [0.15, 0.2) is 0 Å². The summed E-state index contributed by atoms with van der Waals surface area (Å²) in [7, 11) is 0. The minimum atomic E-state index is -0.668.